The highest BCUT2D eigenvalue weighted by Gasteiger charge is 2.10. The molecule has 1 aromatic heterocycles. The van der Waals surface area contributed by atoms with Gasteiger partial charge in [-0.05, 0) is 19.0 Å². The summed E-state index contributed by atoms with van der Waals surface area (Å²) in [7, 11) is 1.75. The third kappa shape index (κ3) is 3.36. The third-order valence-electron chi connectivity index (χ3n) is 2.21. The summed E-state index contributed by atoms with van der Waals surface area (Å²) in [6.45, 7) is 3.75. The Morgan fingerprint density at radius 1 is 1.67 bits per heavy atom. The van der Waals surface area contributed by atoms with E-state index in [9.17, 15) is 4.79 Å². The zero-order chi connectivity index (χ0) is 11.3. The summed E-state index contributed by atoms with van der Waals surface area (Å²) in [6, 6.07) is 1.60. The molecule has 0 aliphatic heterocycles. The molecule has 84 valence electrons. The first-order valence-corrected chi connectivity index (χ1v) is 5.12. The molecule has 0 unspecified atom stereocenters. The maximum atomic E-state index is 10.6. The van der Waals surface area contributed by atoms with Crippen LogP contribution in [-0.4, -0.2) is 27.4 Å². The van der Waals surface area contributed by atoms with Crippen molar-refractivity contribution in [3.05, 3.63) is 17.5 Å². The van der Waals surface area contributed by atoms with Crippen LogP contribution in [-0.2, 0) is 13.6 Å². The number of hydrogen-bond acceptors (Lipinski definition) is 3. The Bertz CT molecular complexity index is 333. The molecule has 15 heavy (non-hydrogen) atoms. The number of carboxylic acid groups (broad SMARTS) is 1. The van der Waals surface area contributed by atoms with Gasteiger partial charge in [0.1, 0.15) is 0 Å². The molecule has 0 saturated heterocycles. The van der Waals surface area contributed by atoms with E-state index in [-0.39, 0.29) is 5.69 Å². The number of nitrogens with zero attached hydrogens (tertiary/aromatic N) is 2. The minimum atomic E-state index is -0.981. The van der Waals surface area contributed by atoms with Crippen LogP contribution in [0.25, 0.3) is 0 Å². The number of carboxylic acids is 1. The predicted octanol–water partition coefficient (Wildman–Crippen LogP) is 1.01. The molecule has 0 radical (unpaired) electrons. The van der Waals surface area contributed by atoms with E-state index < -0.39 is 5.97 Å². The molecule has 5 heteroatoms. The van der Waals surface area contributed by atoms with Crippen LogP contribution in [0.4, 0.5) is 0 Å². The molecule has 1 rings (SSSR count). The molecule has 0 fully saturated rings. The van der Waals surface area contributed by atoms with Gasteiger partial charge in [0, 0.05) is 13.6 Å². The Kier molecular flexibility index (Phi) is 4.30. The van der Waals surface area contributed by atoms with Crippen LogP contribution in [0, 0.1) is 0 Å². The molecular formula is C10H17N3O2. The van der Waals surface area contributed by atoms with Gasteiger partial charge in [0.2, 0.25) is 0 Å². The number of nitrogens with one attached hydrogen (secondary N) is 1. The first-order valence-electron chi connectivity index (χ1n) is 5.12. The third-order valence-corrected chi connectivity index (χ3v) is 2.21. The van der Waals surface area contributed by atoms with Crippen molar-refractivity contribution in [2.45, 2.75) is 26.3 Å². The molecule has 0 saturated carbocycles. The SMILES string of the molecule is CCCCNCc1cc(C(=O)O)nn1C. The topological polar surface area (TPSA) is 67.2 Å². The summed E-state index contributed by atoms with van der Waals surface area (Å²) in [5.74, 6) is -0.981. The normalized spacial score (nSPS) is 10.5. The molecule has 0 aliphatic rings. The highest BCUT2D eigenvalue weighted by Crippen LogP contribution is 2.02. The van der Waals surface area contributed by atoms with Gasteiger partial charge in [0.15, 0.2) is 5.69 Å². The van der Waals surface area contributed by atoms with Crippen molar-refractivity contribution in [2.24, 2.45) is 7.05 Å². The number of carbonyl (C=O) groups is 1. The van der Waals surface area contributed by atoms with E-state index in [0.717, 1.165) is 25.1 Å². The molecule has 0 bridgehead atoms. The van der Waals surface area contributed by atoms with Gasteiger partial charge < -0.3 is 10.4 Å². The van der Waals surface area contributed by atoms with E-state index in [2.05, 4.69) is 17.3 Å². The molecular weight excluding hydrogens is 194 g/mol. The number of hydrogen-bond donors (Lipinski definition) is 2. The minimum Gasteiger partial charge on any atom is -0.476 e. The predicted molar refractivity (Wildman–Crippen MR) is 56.8 cm³/mol. The van der Waals surface area contributed by atoms with Crippen LogP contribution < -0.4 is 5.32 Å². The lowest BCUT2D eigenvalue weighted by Crippen LogP contribution is -2.16. The standard InChI is InChI=1S/C10H17N3O2/c1-3-4-5-11-7-8-6-9(10(14)15)12-13(8)2/h6,11H,3-5,7H2,1-2H3,(H,14,15). The number of unbranched alkanes of at least 4 members (excludes halogenated alkanes) is 1. The van der Waals surface area contributed by atoms with Crippen LogP contribution >= 0.6 is 0 Å². The molecule has 0 spiro atoms. The van der Waals surface area contributed by atoms with Crippen molar-refractivity contribution in [2.75, 3.05) is 6.54 Å². The van der Waals surface area contributed by atoms with Gasteiger partial charge in [-0.25, -0.2) is 4.79 Å². The van der Waals surface area contributed by atoms with Crippen LogP contribution in [0.1, 0.15) is 35.9 Å². The Balaban J connectivity index is 2.50. The number of aryl methyl sites for hydroxylation is 1. The highest BCUT2D eigenvalue weighted by atomic mass is 16.4. The fraction of sp³-hybridized carbons (Fsp3) is 0.600. The Labute approximate surface area is 89.1 Å². The van der Waals surface area contributed by atoms with Gasteiger partial charge in [-0.15, -0.1) is 0 Å². The van der Waals surface area contributed by atoms with Crippen molar-refractivity contribution in [1.82, 2.24) is 15.1 Å². The highest BCUT2D eigenvalue weighted by molar-refractivity contribution is 5.85. The van der Waals surface area contributed by atoms with Crippen LogP contribution in [0.2, 0.25) is 0 Å². The lowest BCUT2D eigenvalue weighted by atomic mass is 10.3. The lowest BCUT2D eigenvalue weighted by molar-refractivity contribution is 0.0689. The van der Waals surface area contributed by atoms with E-state index in [1.54, 1.807) is 17.8 Å². The molecule has 1 aromatic rings. The van der Waals surface area contributed by atoms with Crippen molar-refractivity contribution >= 4 is 5.97 Å². The van der Waals surface area contributed by atoms with E-state index in [1.807, 2.05) is 0 Å². The van der Waals surface area contributed by atoms with Crippen LogP contribution in [0.15, 0.2) is 6.07 Å². The molecule has 1 heterocycles. The zero-order valence-electron chi connectivity index (χ0n) is 9.16. The quantitative estimate of drug-likeness (QED) is 0.689. The fourth-order valence-corrected chi connectivity index (χ4v) is 1.29. The van der Waals surface area contributed by atoms with Crippen molar-refractivity contribution in [1.29, 1.82) is 0 Å². The summed E-state index contributed by atoms with van der Waals surface area (Å²) in [5, 5.41) is 15.9. The Hall–Kier alpha value is -1.36. The second-order valence-corrected chi connectivity index (χ2v) is 3.48. The summed E-state index contributed by atoms with van der Waals surface area (Å²) >= 11 is 0. The average molecular weight is 211 g/mol. The van der Waals surface area contributed by atoms with Gasteiger partial charge in [0.25, 0.3) is 0 Å². The largest absolute Gasteiger partial charge is 0.476 e. The maximum absolute atomic E-state index is 10.6. The van der Waals surface area contributed by atoms with Gasteiger partial charge in [-0.2, -0.15) is 5.10 Å². The molecule has 2 N–H and O–H groups in total. The van der Waals surface area contributed by atoms with E-state index in [4.69, 9.17) is 5.11 Å². The molecule has 0 aromatic carbocycles. The Morgan fingerprint density at radius 3 is 2.93 bits per heavy atom. The monoisotopic (exact) mass is 211 g/mol. The summed E-state index contributed by atoms with van der Waals surface area (Å²) in [5.41, 5.74) is 0.994. The first kappa shape index (κ1) is 11.7. The first-order chi connectivity index (χ1) is 7.15. The number of aromatic carboxylic acids is 1. The second-order valence-electron chi connectivity index (χ2n) is 3.48. The maximum Gasteiger partial charge on any atom is 0.356 e. The van der Waals surface area contributed by atoms with Gasteiger partial charge in [0.05, 0.1) is 5.69 Å². The number of rotatable bonds is 6. The van der Waals surface area contributed by atoms with Crippen LogP contribution in [0.3, 0.4) is 0 Å². The van der Waals surface area contributed by atoms with Gasteiger partial charge in [-0.1, -0.05) is 13.3 Å². The van der Waals surface area contributed by atoms with Crippen molar-refractivity contribution < 1.29 is 9.90 Å². The Morgan fingerprint density at radius 2 is 2.40 bits per heavy atom. The smallest absolute Gasteiger partial charge is 0.356 e. The summed E-state index contributed by atoms with van der Waals surface area (Å²) in [4.78, 5) is 10.6. The van der Waals surface area contributed by atoms with Gasteiger partial charge >= 0.3 is 5.97 Å². The summed E-state index contributed by atoms with van der Waals surface area (Å²) < 4.78 is 1.60. The second kappa shape index (κ2) is 5.50. The molecule has 0 atom stereocenters. The van der Waals surface area contributed by atoms with Crippen LogP contribution in [0.5, 0.6) is 0 Å². The van der Waals surface area contributed by atoms with Gasteiger partial charge in [-0.3, -0.25) is 4.68 Å². The van der Waals surface area contributed by atoms with E-state index >= 15 is 0 Å². The lowest BCUT2D eigenvalue weighted by Gasteiger charge is -2.03. The molecule has 0 amide bonds. The van der Waals surface area contributed by atoms with E-state index in [1.165, 1.54) is 0 Å². The molecule has 5 nitrogen and oxygen atoms in total. The van der Waals surface area contributed by atoms with E-state index in [0.29, 0.717) is 6.54 Å². The average Bonchev–Trinajstić information content (AvgIpc) is 2.55. The molecule has 0 aliphatic carbocycles. The number of aromatic nitrogens is 2. The fourth-order valence-electron chi connectivity index (χ4n) is 1.29. The zero-order valence-corrected chi connectivity index (χ0v) is 9.16. The minimum absolute atomic E-state index is 0.102. The summed E-state index contributed by atoms with van der Waals surface area (Å²) in [6.07, 6.45) is 2.28. The van der Waals surface area contributed by atoms with Crippen molar-refractivity contribution in [3.8, 4) is 0 Å². The van der Waals surface area contributed by atoms with Crippen molar-refractivity contribution in [3.63, 3.8) is 0 Å².